The summed E-state index contributed by atoms with van der Waals surface area (Å²) in [6, 6.07) is 17.2. The number of carbonyl (C=O) groups is 1. The van der Waals surface area contributed by atoms with Gasteiger partial charge < -0.3 is 14.8 Å². The van der Waals surface area contributed by atoms with Gasteiger partial charge in [0.25, 0.3) is 5.91 Å². The molecule has 3 rings (SSSR count). The average Bonchev–Trinajstić information content (AvgIpc) is 2.91. The number of aliphatic hydroxyl groups excluding tert-OH is 1. The highest BCUT2D eigenvalue weighted by molar-refractivity contribution is 5.98. The molecule has 0 saturated carbocycles. The highest BCUT2D eigenvalue weighted by Gasteiger charge is 2.18. The Hall–Kier alpha value is -2.59. The Bertz CT molecular complexity index is 808. The predicted octanol–water partition coefficient (Wildman–Crippen LogP) is 3.07. The monoisotopic (exact) mass is 309 g/mol. The van der Waals surface area contributed by atoms with Gasteiger partial charge in [-0.15, -0.1) is 0 Å². The lowest BCUT2D eigenvalue weighted by atomic mass is 10.1. The fourth-order valence-corrected chi connectivity index (χ4v) is 2.64. The van der Waals surface area contributed by atoms with Crippen LogP contribution in [0.1, 0.15) is 21.7 Å². The summed E-state index contributed by atoms with van der Waals surface area (Å²) < 4.78 is 5.62. The summed E-state index contributed by atoms with van der Waals surface area (Å²) >= 11 is 0. The molecule has 4 heteroatoms. The van der Waals surface area contributed by atoms with Gasteiger partial charge in [0.05, 0.1) is 6.10 Å². The first-order chi connectivity index (χ1) is 11.1. The lowest BCUT2D eigenvalue weighted by Gasteiger charge is -2.11. The molecule has 23 heavy (non-hydrogen) atoms. The summed E-state index contributed by atoms with van der Waals surface area (Å²) in [5.74, 6) is 0.00363. The molecule has 0 aliphatic heterocycles. The van der Waals surface area contributed by atoms with Crippen LogP contribution in [0.15, 0.2) is 59.0 Å². The van der Waals surface area contributed by atoms with E-state index in [1.54, 1.807) is 0 Å². The lowest BCUT2D eigenvalue weighted by molar-refractivity contribution is 0.0890. The van der Waals surface area contributed by atoms with Crippen molar-refractivity contribution in [1.29, 1.82) is 0 Å². The van der Waals surface area contributed by atoms with Gasteiger partial charge in [-0.1, -0.05) is 48.5 Å². The van der Waals surface area contributed by atoms with E-state index in [2.05, 4.69) is 5.32 Å². The van der Waals surface area contributed by atoms with Crippen molar-refractivity contribution in [3.8, 4) is 0 Å². The van der Waals surface area contributed by atoms with E-state index >= 15 is 0 Å². The summed E-state index contributed by atoms with van der Waals surface area (Å²) in [5.41, 5.74) is 2.55. The third-order valence-corrected chi connectivity index (χ3v) is 3.86. The normalized spacial score (nSPS) is 12.3. The number of fused-ring (bicyclic) bond motifs is 1. The molecule has 2 aromatic carbocycles. The molecular formula is C19H19NO3. The lowest BCUT2D eigenvalue weighted by Crippen LogP contribution is -2.33. The van der Waals surface area contributed by atoms with Crippen LogP contribution >= 0.6 is 0 Å². The maximum atomic E-state index is 12.3. The maximum Gasteiger partial charge on any atom is 0.287 e. The van der Waals surface area contributed by atoms with Gasteiger partial charge in [0, 0.05) is 23.9 Å². The van der Waals surface area contributed by atoms with Crippen molar-refractivity contribution in [2.45, 2.75) is 19.4 Å². The van der Waals surface area contributed by atoms with Gasteiger partial charge >= 0.3 is 0 Å². The minimum atomic E-state index is -0.633. The van der Waals surface area contributed by atoms with Crippen LogP contribution in [0.5, 0.6) is 0 Å². The molecule has 0 spiro atoms. The Morgan fingerprint density at radius 1 is 1.13 bits per heavy atom. The Morgan fingerprint density at radius 2 is 1.83 bits per heavy atom. The first-order valence-electron chi connectivity index (χ1n) is 7.63. The zero-order valence-corrected chi connectivity index (χ0v) is 13.0. The molecule has 0 bridgehead atoms. The molecule has 3 aromatic rings. The highest BCUT2D eigenvalue weighted by Crippen LogP contribution is 2.24. The molecule has 118 valence electrons. The number of aliphatic hydroxyl groups is 1. The molecule has 1 atom stereocenters. The number of hydrogen-bond donors (Lipinski definition) is 2. The van der Waals surface area contributed by atoms with E-state index in [4.69, 9.17) is 4.42 Å². The zero-order valence-electron chi connectivity index (χ0n) is 13.0. The third-order valence-electron chi connectivity index (χ3n) is 3.86. The number of aryl methyl sites for hydroxylation is 1. The standard InChI is InChI=1S/C19H19NO3/c1-13-16-9-5-6-10-17(16)23-18(13)19(22)20-12-15(21)11-14-7-3-2-4-8-14/h2-10,15,21H,11-12H2,1H3,(H,20,22). The molecular weight excluding hydrogens is 290 g/mol. The largest absolute Gasteiger partial charge is 0.451 e. The first-order valence-corrected chi connectivity index (χ1v) is 7.63. The van der Waals surface area contributed by atoms with E-state index in [1.807, 2.05) is 61.5 Å². The van der Waals surface area contributed by atoms with E-state index in [1.165, 1.54) is 0 Å². The van der Waals surface area contributed by atoms with Gasteiger partial charge in [0.1, 0.15) is 5.58 Å². The summed E-state index contributed by atoms with van der Waals surface area (Å²) in [5, 5.41) is 13.7. The molecule has 1 amide bonds. The summed E-state index contributed by atoms with van der Waals surface area (Å²) in [4.78, 5) is 12.3. The van der Waals surface area contributed by atoms with Crippen molar-refractivity contribution in [3.05, 3.63) is 71.5 Å². The topological polar surface area (TPSA) is 62.5 Å². The van der Waals surface area contributed by atoms with E-state index in [9.17, 15) is 9.90 Å². The predicted molar refractivity (Wildman–Crippen MR) is 89.4 cm³/mol. The smallest absolute Gasteiger partial charge is 0.287 e. The number of furan rings is 1. The van der Waals surface area contributed by atoms with Gasteiger partial charge in [0.15, 0.2) is 5.76 Å². The molecule has 0 aliphatic rings. The summed E-state index contributed by atoms with van der Waals surface area (Å²) in [7, 11) is 0. The van der Waals surface area contributed by atoms with Crippen LogP contribution in [0.2, 0.25) is 0 Å². The second kappa shape index (κ2) is 6.67. The molecule has 1 unspecified atom stereocenters. The minimum Gasteiger partial charge on any atom is -0.451 e. The van der Waals surface area contributed by atoms with Crippen molar-refractivity contribution < 1.29 is 14.3 Å². The van der Waals surface area contributed by atoms with Gasteiger partial charge in [-0.2, -0.15) is 0 Å². The van der Waals surface area contributed by atoms with Crippen molar-refractivity contribution >= 4 is 16.9 Å². The third kappa shape index (κ3) is 3.43. The molecule has 4 nitrogen and oxygen atoms in total. The first kappa shape index (κ1) is 15.3. The Balaban J connectivity index is 1.63. The molecule has 2 N–H and O–H groups in total. The highest BCUT2D eigenvalue weighted by atomic mass is 16.3. The van der Waals surface area contributed by atoms with Gasteiger partial charge in [-0.25, -0.2) is 0 Å². The van der Waals surface area contributed by atoms with E-state index in [-0.39, 0.29) is 12.5 Å². The number of rotatable bonds is 5. The molecule has 1 aromatic heterocycles. The van der Waals surface area contributed by atoms with E-state index in [0.717, 1.165) is 16.5 Å². The van der Waals surface area contributed by atoms with Crippen molar-refractivity contribution in [3.63, 3.8) is 0 Å². The quantitative estimate of drug-likeness (QED) is 0.761. The van der Waals surface area contributed by atoms with Gasteiger partial charge in [-0.05, 0) is 18.6 Å². The molecule has 1 heterocycles. The second-order valence-electron chi connectivity index (χ2n) is 5.61. The molecule has 0 saturated heterocycles. The Kier molecular flexibility index (Phi) is 4.44. The molecule has 0 fully saturated rings. The fourth-order valence-electron chi connectivity index (χ4n) is 2.64. The summed E-state index contributed by atoms with van der Waals surface area (Å²) in [6.45, 7) is 2.05. The number of para-hydroxylation sites is 1. The Labute approximate surface area is 134 Å². The number of hydrogen-bond acceptors (Lipinski definition) is 3. The average molecular weight is 309 g/mol. The van der Waals surface area contributed by atoms with Crippen molar-refractivity contribution in [2.24, 2.45) is 0 Å². The fraction of sp³-hybridized carbons (Fsp3) is 0.211. The number of benzene rings is 2. The van der Waals surface area contributed by atoms with Crippen LogP contribution in [0.25, 0.3) is 11.0 Å². The van der Waals surface area contributed by atoms with Crippen LogP contribution in [-0.4, -0.2) is 23.7 Å². The van der Waals surface area contributed by atoms with Crippen molar-refractivity contribution in [1.82, 2.24) is 5.32 Å². The van der Waals surface area contributed by atoms with Crippen LogP contribution in [0.4, 0.5) is 0 Å². The minimum absolute atomic E-state index is 0.185. The van der Waals surface area contributed by atoms with Gasteiger partial charge in [-0.3, -0.25) is 4.79 Å². The summed E-state index contributed by atoms with van der Waals surface area (Å²) in [6.07, 6.45) is -0.133. The number of nitrogens with one attached hydrogen (secondary N) is 1. The SMILES string of the molecule is Cc1c(C(=O)NCC(O)Cc2ccccc2)oc2ccccc12. The van der Waals surface area contributed by atoms with Crippen LogP contribution in [-0.2, 0) is 6.42 Å². The van der Waals surface area contributed by atoms with Crippen molar-refractivity contribution in [2.75, 3.05) is 6.54 Å². The maximum absolute atomic E-state index is 12.3. The van der Waals surface area contributed by atoms with Crippen LogP contribution in [0.3, 0.4) is 0 Å². The second-order valence-corrected chi connectivity index (χ2v) is 5.61. The number of amides is 1. The zero-order chi connectivity index (χ0) is 16.2. The van der Waals surface area contributed by atoms with E-state index in [0.29, 0.717) is 17.8 Å². The molecule has 0 aliphatic carbocycles. The Morgan fingerprint density at radius 3 is 2.57 bits per heavy atom. The van der Waals surface area contributed by atoms with Gasteiger partial charge in [0.2, 0.25) is 0 Å². The number of carbonyl (C=O) groups excluding carboxylic acids is 1. The van der Waals surface area contributed by atoms with Crippen LogP contribution < -0.4 is 5.32 Å². The molecule has 0 radical (unpaired) electrons. The van der Waals surface area contributed by atoms with E-state index < -0.39 is 6.10 Å². The van der Waals surface area contributed by atoms with Crippen LogP contribution in [0, 0.1) is 6.92 Å².